The van der Waals surface area contributed by atoms with E-state index in [2.05, 4.69) is 117 Å². The van der Waals surface area contributed by atoms with Crippen LogP contribution in [0.25, 0.3) is 0 Å². The minimum absolute atomic E-state index is 0.0162. The van der Waals surface area contributed by atoms with Gasteiger partial charge in [0.15, 0.2) is 5.78 Å². The smallest absolute Gasteiger partial charge is 0.159 e. The first kappa shape index (κ1) is 37.5. The third-order valence-electron chi connectivity index (χ3n) is 6.40. The summed E-state index contributed by atoms with van der Waals surface area (Å²) in [4.78, 5) is 21.0. The number of benzene rings is 3. The Morgan fingerprint density at radius 3 is 2.00 bits per heavy atom. The normalized spacial score (nSPS) is 12.1. The minimum atomic E-state index is 0.0162. The van der Waals surface area contributed by atoms with Gasteiger partial charge in [-0.05, 0) is 67.7 Å². The number of allylic oxidation sites excluding steroid dienone is 9. The van der Waals surface area contributed by atoms with Crippen LogP contribution in [0.4, 0.5) is 0 Å². The Morgan fingerprint density at radius 1 is 0.773 bits per heavy atom. The van der Waals surface area contributed by atoms with Crippen LogP contribution in [0.2, 0.25) is 0 Å². The van der Waals surface area contributed by atoms with Crippen molar-refractivity contribution in [3.8, 4) is 0 Å². The molecular weight excluding hydrogens is 536 g/mol. The highest BCUT2D eigenvalue weighted by atomic mass is 16.1. The van der Waals surface area contributed by atoms with E-state index in [0.29, 0.717) is 17.0 Å². The average Bonchev–Trinajstić information content (AvgIpc) is 3.35. The minimum Gasteiger partial charge on any atom is -0.298 e. The zero-order chi connectivity index (χ0) is 32.3. The van der Waals surface area contributed by atoms with E-state index in [1.807, 2.05) is 32.1 Å². The molecule has 0 radical (unpaired) electrons. The first-order valence-electron chi connectivity index (χ1n) is 15.8. The first-order valence-corrected chi connectivity index (χ1v) is 15.8. The fourth-order valence-corrected chi connectivity index (χ4v) is 4.08. The van der Waals surface area contributed by atoms with Crippen LogP contribution in [0.1, 0.15) is 85.7 Å². The summed E-state index contributed by atoms with van der Waals surface area (Å²) >= 11 is 0. The van der Waals surface area contributed by atoms with Gasteiger partial charge >= 0.3 is 0 Å². The van der Waals surface area contributed by atoms with Crippen molar-refractivity contribution >= 4 is 12.1 Å². The fraction of sp³-hybridized carbons (Fsp3) is 0.262. The Kier molecular flexibility index (Phi) is 21.3. The van der Waals surface area contributed by atoms with Gasteiger partial charge in [0.2, 0.25) is 0 Å². The summed E-state index contributed by atoms with van der Waals surface area (Å²) in [6.45, 7) is 9.93. The lowest BCUT2D eigenvalue weighted by atomic mass is 10.0. The molecule has 2 nitrogen and oxygen atoms in total. The summed E-state index contributed by atoms with van der Waals surface area (Å²) in [5, 5.41) is 0. The molecule has 1 atom stereocenters. The molecule has 0 saturated carbocycles. The SMILES string of the molecule is C1=CC=CC=CC=1CCc1ccccc1.CC.CC(=O)c1ccc(C=O)cc1.CC/C=C\C/C=C\C(C)Cc1ccccc1. The lowest BCUT2D eigenvalue weighted by molar-refractivity contribution is 0.101. The first-order chi connectivity index (χ1) is 21.5. The molecule has 0 amide bonds. The third-order valence-corrected chi connectivity index (χ3v) is 6.40. The standard InChI is InChI=1S/C16H22.C15H14.C9H8O2.C2H6/c1-3-4-5-6-8-11-15(2)14-16-12-9-7-10-13-16;1-2-5-9-14(8-4-1)12-13-15-10-6-3-7-11-15;1-7(11)9-4-2-8(6-10)3-5-9;1-2/h4-5,7-13,15H,3,6,14H2,1-2H3;1-8,10-11H,12-13H2;2-6H,1H3;1-2H3/b5-4-,11-8-;;;. The third kappa shape index (κ3) is 18.1. The average molecular weight is 587 g/mol. The largest absolute Gasteiger partial charge is 0.298 e. The Bertz CT molecular complexity index is 1360. The lowest BCUT2D eigenvalue weighted by Gasteiger charge is -2.05. The summed E-state index contributed by atoms with van der Waals surface area (Å²) in [6, 6.07) is 27.8. The quantitative estimate of drug-likeness (QED) is 0.0969. The summed E-state index contributed by atoms with van der Waals surface area (Å²) in [5.41, 5.74) is 8.57. The molecule has 1 aliphatic carbocycles. The lowest BCUT2D eigenvalue weighted by Crippen LogP contribution is -1.95. The maximum absolute atomic E-state index is 10.8. The zero-order valence-electron chi connectivity index (χ0n) is 27.3. The molecule has 3 aromatic carbocycles. The van der Waals surface area contributed by atoms with E-state index >= 15 is 0 Å². The molecule has 0 aliphatic heterocycles. The maximum Gasteiger partial charge on any atom is 0.159 e. The van der Waals surface area contributed by atoms with Gasteiger partial charge in [0.05, 0.1) is 0 Å². The van der Waals surface area contributed by atoms with E-state index in [1.54, 1.807) is 24.3 Å². The second-order valence-electron chi connectivity index (χ2n) is 10.1. The molecule has 0 saturated heterocycles. The number of carbonyl (C=O) groups excluding carboxylic acids is 2. The van der Waals surface area contributed by atoms with Crippen LogP contribution in [0, 0.1) is 5.92 Å². The van der Waals surface area contributed by atoms with Crippen LogP contribution in [-0.2, 0) is 12.8 Å². The summed E-state index contributed by atoms with van der Waals surface area (Å²) in [6.07, 6.45) is 25.4. The predicted molar refractivity (Wildman–Crippen MR) is 190 cm³/mol. The summed E-state index contributed by atoms with van der Waals surface area (Å²) < 4.78 is 0. The zero-order valence-corrected chi connectivity index (χ0v) is 27.3. The van der Waals surface area contributed by atoms with E-state index in [0.717, 1.165) is 38.4 Å². The number of ketones is 1. The van der Waals surface area contributed by atoms with Crippen LogP contribution >= 0.6 is 0 Å². The van der Waals surface area contributed by atoms with Crippen molar-refractivity contribution in [2.24, 2.45) is 5.92 Å². The van der Waals surface area contributed by atoms with E-state index in [1.165, 1.54) is 23.6 Å². The highest BCUT2D eigenvalue weighted by Gasteiger charge is 1.98. The number of Topliss-reactive ketones (excluding diaryl/α,β-unsaturated/α-hetero) is 1. The highest BCUT2D eigenvalue weighted by Crippen LogP contribution is 2.11. The van der Waals surface area contributed by atoms with Crippen molar-refractivity contribution in [1.82, 2.24) is 0 Å². The van der Waals surface area contributed by atoms with Gasteiger partial charge in [-0.25, -0.2) is 0 Å². The predicted octanol–water partition coefficient (Wildman–Crippen LogP) is 11.3. The van der Waals surface area contributed by atoms with Gasteiger partial charge < -0.3 is 0 Å². The maximum atomic E-state index is 10.8. The molecule has 0 N–H and O–H groups in total. The van der Waals surface area contributed by atoms with Gasteiger partial charge in [0, 0.05) is 11.1 Å². The van der Waals surface area contributed by atoms with E-state index < -0.39 is 0 Å². The van der Waals surface area contributed by atoms with Gasteiger partial charge in [-0.15, -0.1) is 5.73 Å². The molecule has 1 unspecified atom stereocenters. The molecule has 0 fully saturated rings. The van der Waals surface area contributed by atoms with Gasteiger partial charge in [-0.1, -0.05) is 161 Å². The monoisotopic (exact) mass is 586 g/mol. The molecule has 3 aromatic rings. The van der Waals surface area contributed by atoms with Crippen LogP contribution < -0.4 is 0 Å². The summed E-state index contributed by atoms with van der Waals surface area (Å²) in [7, 11) is 0. The van der Waals surface area contributed by atoms with Crippen molar-refractivity contribution in [2.75, 3.05) is 0 Å². The van der Waals surface area contributed by atoms with Crippen LogP contribution in [0.3, 0.4) is 0 Å². The molecule has 230 valence electrons. The topological polar surface area (TPSA) is 34.1 Å². The number of aryl methyl sites for hydroxylation is 1. The number of rotatable bonds is 11. The van der Waals surface area contributed by atoms with Crippen LogP contribution in [-0.4, -0.2) is 12.1 Å². The van der Waals surface area contributed by atoms with E-state index in [4.69, 9.17) is 0 Å². The second-order valence-corrected chi connectivity index (χ2v) is 10.1. The van der Waals surface area contributed by atoms with Gasteiger partial charge in [0.25, 0.3) is 0 Å². The summed E-state index contributed by atoms with van der Waals surface area (Å²) in [5.74, 6) is 0.639. The number of hydrogen-bond acceptors (Lipinski definition) is 2. The number of carbonyl (C=O) groups is 2. The Hall–Kier alpha value is -4.52. The van der Waals surface area contributed by atoms with Gasteiger partial charge in [-0.2, -0.15) is 0 Å². The van der Waals surface area contributed by atoms with E-state index in [9.17, 15) is 9.59 Å². The van der Waals surface area contributed by atoms with Crippen molar-refractivity contribution in [3.05, 3.63) is 173 Å². The molecule has 0 heterocycles. The molecule has 0 aromatic heterocycles. The van der Waals surface area contributed by atoms with Crippen molar-refractivity contribution < 1.29 is 9.59 Å². The fourth-order valence-electron chi connectivity index (χ4n) is 4.08. The molecular formula is C42H50O2. The second kappa shape index (κ2) is 25.0. The van der Waals surface area contributed by atoms with E-state index in [-0.39, 0.29) is 5.78 Å². The molecule has 1 aliphatic rings. The molecule has 0 bridgehead atoms. The molecule has 44 heavy (non-hydrogen) atoms. The van der Waals surface area contributed by atoms with Crippen LogP contribution in [0.15, 0.2) is 151 Å². The van der Waals surface area contributed by atoms with Crippen molar-refractivity contribution in [1.29, 1.82) is 0 Å². The Labute approximate surface area is 267 Å². The van der Waals surface area contributed by atoms with Crippen molar-refractivity contribution in [2.45, 2.75) is 66.7 Å². The molecule has 2 heteroatoms. The van der Waals surface area contributed by atoms with Gasteiger partial charge in [0.1, 0.15) is 6.29 Å². The van der Waals surface area contributed by atoms with Crippen molar-refractivity contribution in [3.63, 3.8) is 0 Å². The molecule has 0 spiro atoms. The van der Waals surface area contributed by atoms with Crippen LogP contribution in [0.5, 0.6) is 0 Å². The Balaban J connectivity index is 0.000000326. The highest BCUT2D eigenvalue weighted by molar-refractivity contribution is 5.94. The number of aldehydes is 1. The Morgan fingerprint density at radius 2 is 1.41 bits per heavy atom. The molecule has 4 rings (SSSR count). The number of hydrogen-bond donors (Lipinski definition) is 0. The van der Waals surface area contributed by atoms with Gasteiger partial charge in [-0.3, -0.25) is 9.59 Å².